The van der Waals surface area contributed by atoms with Gasteiger partial charge in [0.1, 0.15) is 11.9 Å². The number of benzene rings is 1. The number of rotatable bonds is 6. The van der Waals surface area contributed by atoms with Gasteiger partial charge in [0.25, 0.3) is 0 Å². The highest BCUT2D eigenvalue weighted by Gasteiger charge is 2.26. The molecule has 2 aromatic rings. The summed E-state index contributed by atoms with van der Waals surface area (Å²) in [6, 6.07) is 8.70. The van der Waals surface area contributed by atoms with Crippen LogP contribution in [0, 0.1) is 11.8 Å². The summed E-state index contributed by atoms with van der Waals surface area (Å²) in [7, 11) is 0. The lowest BCUT2D eigenvalue weighted by molar-refractivity contribution is -0.123. The van der Waals surface area contributed by atoms with Crippen LogP contribution in [0.4, 0.5) is 0 Å². The van der Waals surface area contributed by atoms with Gasteiger partial charge in [-0.25, -0.2) is 0 Å². The summed E-state index contributed by atoms with van der Waals surface area (Å²) in [5, 5.41) is 4.26. The molecular weight excluding hydrogens is 350 g/mol. The molecule has 0 spiro atoms. The highest BCUT2D eigenvalue weighted by molar-refractivity contribution is 5.86. The first-order valence-corrected chi connectivity index (χ1v) is 11.0. The van der Waals surface area contributed by atoms with Crippen molar-refractivity contribution in [2.24, 2.45) is 11.8 Å². The van der Waals surface area contributed by atoms with Gasteiger partial charge in [-0.2, -0.15) is 0 Å². The van der Waals surface area contributed by atoms with Crippen LogP contribution in [0.15, 0.2) is 30.5 Å². The van der Waals surface area contributed by atoms with Gasteiger partial charge >= 0.3 is 0 Å². The van der Waals surface area contributed by atoms with E-state index in [1.165, 1.54) is 23.7 Å². The van der Waals surface area contributed by atoms with Crippen LogP contribution in [-0.2, 0) is 11.3 Å². The minimum absolute atomic E-state index is 0.212. The quantitative estimate of drug-likeness (QED) is 0.834. The minimum Gasteiger partial charge on any atom is -0.490 e. The Bertz CT molecular complexity index is 823. The van der Waals surface area contributed by atoms with Gasteiger partial charge in [0, 0.05) is 50.7 Å². The van der Waals surface area contributed by atoms with Gasteiger partial charge in [0.2, 0.25) is 5.91 Å². The zero-order valence-corrected chi connectivity index (χ0v) is 16.6. The highest BCUT2D eigenvalue weighted by atomic mass is 16.5. The number of amides is 1. The molecule has 3 heterocycles. The van der Waals surface area contributed by atoms with E-state index >= 15 is 0 Å². The third-order valence-corrected chi connectivity index (χ3v) is 6.64. The van der Waals surface area contributed by atoms with E-state index in [1.807, 2.05) is 0 Å². The van der Waals surface area contributed by atoms with Crippen LogP contribution in [0.1, 0.15) is 38.5 Å². The number of ether oxygens (including phenoxy) is 1. The largest absolute Gasteiger partial charge is 0.490 e. The van der Waals surface area contributed by atoms with Gasteiger partial charge < -0.3 is 19.5 Å². The second-order valence-electron chi connectivity index (χ2n) is 8.93. The molecule has 2 aliphatic heterocycles. The SMILES string of the molecule is O=C1CCC(CN2CCC(Oc3cccc4c3ccn4CC3CC3)CC2)CN1. The Morgan fingerprint density at radius 2 is 1.86 bits per heavy atom. The molecule has 1 N–H and O–H groups in total. The minimum atomic E-state index is 0.212. The molecule has 5 rings (SSSR count). The van der Waals surface area contributed by atoms with Crippen molar-refractivity contribution in [3.63, 3.8) is 0 Å². The van der Waals surface area contributed by atoms with E-state index in [2.05, 4.69) is 45.2 Å². The number of carbonyl (C=O) groups excluding carboxylic acids is 1. The van der Waals surface area contributed by atoms with Crippen LogP contribution in [-0.4, -0.2) is 47.7 Å². The molecule has 1 amide bonds. The van der Waals surface area contributed by atoms with Crippen molar-refractivity contribution in [2.45, 2.75) is 51.2 Å². The van der Waals surface area contributed by atoms with Crippen molar-refractivity contribution in [1.82, 2.24) is 14.8 Å². The second-order valence-corrected chi connectivity index (χ2v) is 8.93. The Morgan fingerprint density at radius 1 is 1.00 bits per heavy atom. The topological polar surface area (TPSA) is 46.5 Å². The van der Waals surface area contributed by atoms with Gasteiger partial charge in [-0.15, -0.1) is 0 Å². The zero-order valence-electron chi connectivity index (χ0n) is 16.6. The summed E-state index contributed by atoms with van der Waals surface area (Å²) in [6.07, 6.45) is 9.16. The molecule has 3 aliphatic rings. The Hall–Kier alpha value is -2.01. The fourth-order valence-electron chi connectivity index (χ4n) is 4.73. The smallest absolute Gasteiger partial charge is 0.220 e. The molecule has 1 aromatic heterocycles. The summed E-state index contributed by atoms with van der Waals surface area (Å²) >= 11 is 0. The van der Waals surface area contributed by atoms with Crippen LogP contribution in [0.2, 0.25) is 0 Å². The second kappa shape index (κ2) is 7.78. The Kier molecular flexibility index (Phi) is 5.02. The monoisotopic (exact) mass is 381 g/mol. The van der Waals surface area contributed by atoms with Gasteiger partial charge in [-0.05, 0) is 62.1 Å². The van der Waals surface area contributed by atoms with Crippen molar-refractivity contribution in [2.75, 3.05) is 26.2 Å². The molecular formula is C23H31N3O2. The van der Waals surface area contributed by atoms with Crippen LogP contribution in [0.5, 0.6) is 5.75 Å². The van der Waals surface area contributed by atoms with Crippen molar-refractivity contribution in [3.05, 3.63) is 30.5 Å². The predicted molar refractivity (Wildman–Crippen MR) is 110 cm³/mol. The number of hydrogen-bond acceptors (Lipinski definition) is 3. The number of likely N-dealkylation sites (tertiary alicyclic amines) is 1. The maximum Gasteiger partial charge on any atom is 0.220 e. The zero-order chi connectivity index (χ0) is 18.9. The highest BCUT2D eigenvalue weighted by Crippen LogP contribution is 2.34. The fourth-order valence-corrected chi connectivity index (χ4v) is 4.73. The molecule has 1 aromatic carbocycles. The number of aromatic nitrogens is 1. The average molecular weight is 382 g/mol. The number of piperidine rings is 2. The number of carbonyl (C=O) groups is 1. The summed E-state index contributed by atoms with van der Waals surface area (Å²) in [4.78, 5) is 13.9. The van der Waals surface area contributed by atoms with Crippen molar-refractivity contribution in [3.8, 4) is 5.75 Å². The van der Waals surface area contributed by atoms with Gasteiger partial charge in [0.15, 0.2) is 0 Å². The standard InChI is InChI=1S/C23H31N3O2/c27-23-7-6-18(14-24-23)15-25-11-8-19(9-12-25)28-22-3-1-2-21-20(22)10-13-26(21)16-17-4-5-17/h1-3,10,13,17-19H,4-9,11-12,14-16H2,(H,24,27). The first kappa shape index (κ1) is 18.0. The third-order valence-electron chi connectivity index (χ3n) is 6.64. The molecule has 1 atom stereocenters. The van der Waals surface area contributed by atoms with Crippen LogP contribution in [0.3, 0.4) is 0 Å². The molecule has 5 heteroatoms. The summed E-state index contributed by atoms with van der Waals surface area (Å²) in [5.41, 5.74) is 1.31. The van der Waals surface area contributed by atoms with Gasteiger partial charge in [-0.1, -0.05) is 6.07 Å². The molecule has 1 unspecified atom stereocenters. The Morgan fingerprint density at radius 3 is 2.61 bits per heavy atom. The van der Waals surface area contributed by atoms with Crippen molar-refractivity contribution >= 4 is 16.8 Å². The third kappa shape index (κ3) is 4.04. The molecule has 0 radical (unpaired) electrons. The lowest BCUT2D eigenvalue weighted by atomic mass is 9.97. The predicted octanol–water partition coefficient (Wildman–Crippen LogP) is 3.42. The molecule has 28 heavy (non-hydrogen) atoms. The Labute approximate surface area is 167 Å². The molecule has 150 valence electrons. The fraction of sp³-hybridized carbons (Fsp3) is 0.609. The summed E-state index contributed by atoms with van der Waals surface area (Å²) < 4.78 is 8.85. The maximum absolute atomic E-state index is 11.3. The first-order valence-electron chi connectivity index (χ1n) is 11.0. The van der Waals surface area contributed by atoms with Crippen molar-refractivity contribution in [1.29, 1.82) is 0 Å². The van der Waals surface area contributed by atoms with E-state index in [-0.39, 0.29) is 5.91 Å². The lowest BCUT2D eigenvalue weighted by Crippen LogP contribution is -2.44. The summed E-state index contributed by atoms with van der Waals surface area (Å²) in [5.74, 6) is 2.74. The van der Waals surface area contributed by atoms with E-state index in [4.69, 9.17) is 4.74 Å². The Balaban J connectivity index is 1.16. The average Bonchev–Trinajstić information content (AvgIpc) is 3.44. The van der Waals surface area contributed by atoms with Crippen molar-refractivity contribution < 1.29 is 9.53 Å². The molecule has 1 aliphatic carbocycles. The molecule has 5 nitrogen and oxygen atoms in total. The maximum atomic E-state index is 11.3. The van der Waals surface area contributed by atoms with Gasteiger partial charge in [-0.3, -0.25) is 4.79 Å². The van der Waals surface area contributed by atoms with Crippen LogP contribution >= 0.6 is 0 Å². The van der Waals surface area contributed by atoms with Crippen LogP contribution in [0.25, 0.3) is 10.9 Å². The first-order chi connectivity index (χ1) is 13.7. The number of nitrogens with one attached hydrogen (secondary N) is 1. The van der Waals surface area contributed by atoms with E-state index in [9.17, 15) is 4.79 Å². The number of hydrogen-bond donors (Lipinski definition) is 1. The van der Waals surface area contributed by atoms with E-state index in [0.717, 1.165) is 63.7 Å². The normalized spacial score (nSPS) is 24.4. The van der Waals surface area contributed by atoms with E-state index < -0.39 is 0 Å². The number of fused-ring (bicyclic) bond motifs is 1. The van der Waals surface area contributed by atoms with Crippen LogP contribution < -0.4 is 10.1 Å². The van der Waals surface area contributed by atoms with E-state index in [0.29, 0.717) is 18.4 Å². The molecule has 1 saturated carbocycles. The number of nitrogens with zero attached hydrogens (tertiary/aromatic N) is 2. The summed E-state index contributed by atoms with van der Waals surface area (Å²) in [6.45, 7) is 5.27. The van der Waals surface area contributed by atoms with Gasteiger partial charge in [0.05, 0.1) is 5.52 Å². The molecule has 0 bridgehead atoms. The molecule has 3 fully saturated rings. The van der Waals surface area contributed by atoms with E-state index in [1.54, 1.807) is 0 Å². The molecule has 2 saturated heterocycles. The lowest BCUT2D eigenvalue weighted by Gasteiger charge is -2.35.